The lowest BCUT2D eigenvalue weighted by Gasteiger charge is -2.22. The summed E-state index contributed by atoms with van der Waals surface area (Å²) in [6.07, 6.45) is 4.47. The smallest absolute Gasteiger partial charge is 0.129 e. The molecule has 0 spiro atoms. The van der Waals surface area contributed by atoms with Crippen molar-refractivity contribution in [1.29, 1.82) is 0 Å². The van der Waals surface area contributed by atoms with Gasteiger partial charge in [-0.3, -0.25) is 0 Å². The second-order valence-corrected chi connectivity index (χ2v) is 4.25. The Morgan fingerprint density at radius 2 is 2.33 bits per heavy atom. The first-order valence-electron chi connectivity index (χ1n) is 5.70. The molecule has 0 radical (unpaired) electrons. The maximum atomic E-state index is 5.87. The Bertz CT molecular complexity index is 331. The molecule has 1 aromatic heterocycles. The van der Waals surface area contributed by atoms with Crippen LogP contribution in [0.4, 0.5) is 5.82 Å². The molecule has 82 valence electrons. The standard InChI is InChI=1S/C12H19N3/c1-3-15(11-4-5-11)12-8-10(9(2)13)6-7-14-12/h6-9,11H,3-5,13H2,1-2H3. The first kappa shape index (κ1) is 10.4. The first-order valence-corrected chi connectivity index (χ1v) is 5.70. The molecule has 1 aliphatic carbocycles. The lowest BCUT2D eigenvalue weighted by Crippen LogP contribution is -2.26. The monoisotopic (exact) mass is 205 g/mol. The molecule has 1 saturated carbocycles. The van der Waals surface area contributed by atoms with Crippen LogP contribution in [0.2, 0.25) is 0 Å². The summed E-state index contributed by atoms with van der Waals surface area (Å²) in [7, 11) is 0. The molecule has 0 aromatic carbocycles. The van der Waals surface area contributed by atoms with Crippen LogP contribution in [0, 0.1) is 0 Å². The molecule has 1 unspecified atom stereocenters. The van der Waals surface area contributed by atoms with Gasteiger partial charge >= 0.3 is 0 Å². The van der Waals surface area contributed by atoms with Crippen molar-refractivity contribution in [2.75, 3.05) is 11.4 Å². The van der Waals surface area contributed by atoms with Crippen LogP contribution in [0.1, 0.15) is 38.3 Å². The van der Waals surface area contributed by atoms with Gasteiger partial charge < -0.3 is 10.6 Å². The summed E-state index contributed by atoms with van der Waals surface area (Å²) in [6.45, 7) is 5.21. The number of nitrogens with zero attached hydrogens (tertiary/aromatic N) is 2. The van der Waals surface area contributed by atoms with E-state index in [2.05, 4.69) is 22.9 Å². The van der Waals surface area contributed by atoms with E-state index >= 15 is 0 Å². The fraction of sp³-hybridized carbons (Fsp3) is 0.583. The first-order chi connectivity index (χ1) is 7.22. The molecule has 2 N–H and O–H groups in total. The van der Waals surface area contributed by atoms with Crippen molar-refractivity contribution < 1.29 is 0 Å². The summed E-state index contributed by atoms with van der Waals surface area (Å²) in [5.41, 5.74) is 7.04. The van der Waals surface area contributed by atoms with Crippen LogP contribution < -0.4 is 10.6 Å². The molecule has 0 saturated heterocycles. The lowest BCUT2D eigenvalue weighted by atomic mass is 10.1. The molecule has 0 amide bonds. The number of aromatic nitrogens is 1. The van der Waals surface area contributed by atoms with Crippen LogP contribution >= 0.6 is 0 Å². The highest BCUT2D eigenvalue weighted by molar-refractivity contribution is 5.44. The molecule has 3 nitrogen and oxygen atoms in total. The maximum Gasteiger partial charge on any atom is 0.129 e. The Kier molecular flexibility index (Phi) is 2.91. The van der Waals surface area contributed by atoms with E-state index < -0.39 is 0 Å². The Balaban J connectivity index is 2.22. The number of pyridine rings is 1. The van der Waals surface area contributed by atoms with E-state index in [1.807, 2.05) is 19.2 Å². The minimum absolute atomic E-state index is 0.0876. The summed E-state index contributed by atoms with van der Waals surface area (Å²) >= 11 is 0. The average Bonchev–Trinajstić information content (AvgIpc) is 3.04. The third-order valence-corrected chi connectivity index (χ3v) is 2.92. The summed E-state index contributed by atoms with van der Waals surface area (Å²) in [4.78, 5) is 6.79. The highest BCUT2D eigenvalue weighted by Gasteiger charge is 2.28. The van der Waals surface area contributed by atoms with Crippen LogP contribution in [-0.4, -0.2) is 17.6 Å². The van der Waals surface area contributed by atoms with Gasteiger partial charge in [-0.1, -0.05) is 0 Å². The van der Waals surface area contributed by atoms with Crippen molar-refractivity contribution in [2.24, 2.45) is 5.73 Å². The molecule has 1 heterocycles. The minimum Gasteiger partial charge on any atom is -0.354 e. The quantitative estimate of drug-likeness (QED) is 0.818. The van der Waals surface area contributed by atoms with Gasteiger partial charge in [0, 0.05) is 24.8 Å². The summed E-state index contributed by atoms with van der Waals surface area (Å²) in [5, 5.41) is 0. The number of anilines is 1. The highest BCUT2D eigenvalue weighted by Crippen LogP contribution is 2.30. The van der Waals surface area contributed by atoms with E-state index in [9.17, 15) is 0 Å². The van der Waals surface area contributed by atoms with Crippen molar-refractivity contribution >= 4 is 5.82 Å². The predicted octanol–water partition coefficient (Wildman–Crippen LogP) is 2.09. The van der Waals surface area contributed by atoms with Gasteiger partial charge in [-0.05, 0) is 44.4 Å². The molecule has 1 fully saturated rings. The predicted molar refractivity (Wildman–Crippen MR) is 62.9 cm³/mol. The number of rotatable bonds is 4. The van der Waals surface area contributed by atoms with Gasteiger partial charge in [0.05, 0.1) is 0 Å². The van der Waals surface area contributed by atoms with Crippen LogP contribution in [0.15, 0.2) is 18.3 Å². The summed E-state index contributed by atoms with van der Waals surface area (Å²) < 4.78 is 0. The van der Waals surface area contributed by atoms with Crippen molar-refractivity contribution in [3.63, 3.8) is 0 Å². The van der Waals surface area contributed by atoms with E-state index in [1.54, 1.807) is 0 Å². The molecule has 0 bridgehead atoms. The van der Waals surface area contributed by atoms with Gasteiger partial charge in [0.2, 0.25) is 0 Å². The second-order valence-electron chi connectivity index (χ2n) is 4.25. The Hall–Kier alpha value is -1.09. The van der Waals surface area contributed by atoms with Gasteiger partial charge in [0.25, 0.3) is 0 Å². The normalized spacial score (nSPS) is 17.5. The molecule has 1 aromatic rings. The minimum atomic E-state index is 0.0876. The van der Waals surface area contributed by atoms with Gasteiger partial charge in [-0.15, -0.1) is 0 Å². The SMILES string of the molecule is CCN(c1cc(C(C)N)ccn1)C1CC1. The number of hydrogen-bond acceptors (Lipinski definition) is 3. The third-order valence-electron chi connectivity index (χ3n) is 2.92. The lowest BCUT2D eigenvalue weighted by molar-refractivity contribution is 0.787. The molecular formula is C12H19N3. The number of hydrogen-bond donors (Lipinski definition) is 1. The number of nitrogens with two attached hydrogens (primary N) is 1. The zero-order valence-electron chi connectivity index (χ0n) is 9.48. The highest BCUT2D eigenvalue weighted by atomic mass is 15.2. The topological polar surface area (TPSA) is 42.1 Å². The Morgan fingerprint density at radius 1 is 1.60 bits per heavy atom. The fourth-order valence-electron chi connectivity index (χ4n) is 1.87. The second kappa shape index (κ2) is 4.19. The van der Waals surface area contributed by atoms with Gasteiger partial charge in [-0.2, -0.15) is 0 Å². The molecule has 15 heavy (non-hydrogen) atoms. The fourth-order valence-corrected chi connectivity index (χ4v) is 1.87. The van der Waals surface area contributed by atoms with Crippen LogP contribution in [0.5, 0.6) is 0 Å². The van der Waals surface area contributed by atoms with E-state index in [4.69, 9.17) is 5.73 Å². The molecule has 0 aliphatic heterocycles. The molecule has 3 heteroatoms. The largest absolute Gasteiger partial charge is 0.354 e. The van der Waals surface area contributed by atoms with Crippen LogP contribution in [0.3, 0.4) is 0 Å². The van der Waals surface area contributed by atoms with Crippen LogP contribution in [-0.2, 0) is 0 Å². The van der Waals surface area contributed by atoms with Crippen molar-refractivity contribution in [3.8, 4) is 0 Å². The maximum absolute atomic E-state index is 5.87. The third kappa shape index (κ3) is 2.29. The zero-order valence-corrected chi connectivity index (χ0v) is 9.48. The molecule has 1 aliphatic rings. The van der Waals surface area contributed by atoms with Gasteiger partial charge in [0.1, 0.15) is 5.82 Å². The van der Waals surface area contributed by atoms with Crippen molar-refractivity contribution in [1.82, 2.24) is 4.98 Å². The van der Waals surface area contributed by atoms with Crippen molar-refractivity contribution in [3.05, 3.63) is 23.9 Å². The molecular weight excluding hydrogens is 186 g/mol. The zero-order chi connectivity index (χ0) is 10.8. The van der Waals surface area contributed by atoms with E-state index in [1.165, 1.54) is 18.4 Å². The molecule has 1 atom stereocenters. The summed E-state index contributed by atoms with van der Waals surface area (Å²) in [6, 6.07) is 4.91. The average molecular weight is 205 g/mol. The van der Waals surface area contributed by atoms with E-state index in [0.29, 0.717) is 6.04 Å². The molecule has 2 rings (SSSR count). The van der Waals surface area contributed by atoms with Gasteiger partial charge in [0.15, 0.2) is 0 Å². The van der Waals surface area contributed by atoms with Gasteiger partial charge in [-0.25, -0.2) is 4.98 Å². The van der Waals surface area contributed by atoms with Crippen LogP contribution in [0.25, 0.3) is 0 Å². The summed E-state index contributed by atoms with van der Waals surface area (Å²) in [5.74, 6) is 1.08. The Labute approximate surface area is 91.3 Å². The van der Waals surface area contributed by atoms with E-state index in [-0.39, 0.29) is 6.04 Å². The van der Waals surface area contributed by atoms with Crippen molar-refractivity contribution in [2.45, 2.75) is 38.8 Å². The van der Waals surface area contributed by atoms with E-state index in [0.717, 1.165) is 12.4 Å². The Morgan fingerprint density at radius 3 is 2.87 bits per heavy atom.